The number of thioether (sulfide) groups is 1. The van der Waals surface area contributed by atoms with Crippen molar-refractivity contribution in [1.29, 1.82) is 0 Å². The summed E-state index contributed by atoms with van der Waals surface area (Å²) < 4.78 is 5.73. The van der Waals surface area contributed by atoms with Gasteiger partial charge < -0.3 is 10.1 Å². The predicted molar refractivity (Wildman–Crippen MR) is 68.6 cm³/mol. The number of hydrogen-bond acceptors (Lipinski definition) is 3. The molecule has 0 radical (unpaired) electrons. The van der Waals surface area contributed by atoms with Crippen molar-refractivity contribution in [1.82, 2.24) is 5.32 Å². The zero-order valence-corrected chi connectivity index (χ0v) is 11.3. The number of ether oxygens (including phenoxy) is 1. The molecule has 1 aliphatic heterocycles. The first kappa shape index (κ1) is 13.3. The van der Waals surface area contributed by atoms with E-state index in [1.54, 1.807) is 0 Å². The average molecular weight is 231 g/mol. The standard InChI is InChI=1S/C12H25NOS/c1-10(11-5-7-14-8-6-11)13-9-12(2,3)15-4/h10-11,13H,5-9H2,1-4H3. The van der Waals surface area contributed by atoms with Crippen molar-refractivity contribution in [3.8, 4) is 0 Å². The third-order valence-electron chi connectivity index (χ3n) is 3.38. The molecule has 0 spiro atoms. The Labute approximate surface area is 98.5 Å². The Bertz CT molecular complexity index is 178. The molecule has 1 N–H and O–H groups in total. The SMILES string of the molecule is CSC(C)(C)CNC(C)C1CCOCC1. The Hall–Kier alpha value is 0.270. The summed E-state index contributed by atoms with van der Waals surface area (Å²) in [6, 6.07) is 0.625. The van der Waals surface area contributed by atoms with Crippen molar-refractivity contribution < 1.29 is 4.74 Å². The van der Waals surface area contributed by atoms with Gasteiger partial charge in [-0.2, -0.15) is 11.8 Å². The fourth-order valence-corrected chi connectivity index (χ4v) is 2.09. The van der Waals surface area contributed by atoms with Gasteiger partial charge in [-0.05, 0) is 45.8 Å². The summed E-state index contributed by atoms with van der Waals surface area (Å²) in [7, 11) is 0. The quantitative estimate of drug-likeness (QED) is 0.785. The predicted octanol–water partition coefficient (Wildman–Crippen LogP) is 2.53. The van der Waals surface area contributed by atoms with E-state index in [2.05, 4.69) is 32.3 Å². The normalized spacial score (nSPS) is 21.6. The van der Waals surface area contributed by atoms with Crippen LogP contribution in [0, 0.1) is 5.92 Å². The van der Waals surface area contributed by atoms with Crippen LogP contribution in [0.2, 0.25) is 0 Å². The summed E-state index contributed by atoms with van der Waals surface area (Å²) in [6.07, 6.45) is 4.61. The van der Waals surface area contributed by atoms with Crippen LogP contribution in [0.1, 0.15) is 33.6 Å². The molecule has 1 saturated heterocycles. The zero-order chi connectivity index (χ0) is 11.3. The minimum absolute atomic E-state index is 0.347. The molecule has 0 bridgehead atoms. The molecule has 1 unspecified atom stereocenters. The van der Waals surface area contributed by atoms with Crippen molar-refractivity contribution >= 4 is 11.8 Å². The fourth-order valence-electron chi connectivity index (χ4n) is 1.86. The maximum atomic E-state index is 5.38. The first-order valence-corrected chi connectivity index (χ1v) is 7.14. The first-order valence-electron chi connectivity index (χ1n) is 5.91. The second-order valence-corrected chi connectivity index (χ2v) is 6.60. The van der Waals surface area contributed by atoms with E-state index in [0.29, 0.717) is 10.8 Å². The largest absolute Gasteiger partial charge is 0.381 e. The summed E-state index contributed by atoms with van der Waals surface area (Å²) in [5.74, 6) is 0.802. The second kappa shape index (κ2) is 6.12. The van der Waals surface area contributed by atoms with E-state index in [4.69, 9.17) is 4.74 Å². The van der Waals surface area contributed by atoms with Gasteiger partial charge in [0, 0.05) is 30.5 Å². The van der Waals surface area contributed by atoms with Crippen LogP contribution < -0.4 is 5.32 Å². The summed E-state index contributed by atoms with van der Waals surface area (Å²) in [5.41, 5.74) is 0. The minimum Gasteiger partial charge on any atom is -0.381 e. The highest BCUT2D eigenvalue weighted by atomic mass is 32.2. The molecule has 0 saturated carbocycles. The average Bonchev–Trinajstić information content (AvgIpc) is 2.27. The van der Waals surface area contributed by atoms with Gasteiger partial charge in [-0.3, -0.25) is 0 Å². The van der Waals surface area contributed by atoms with Crippen LogP contribution in [-0.4, -0.2) is 36.8 Å². The van der Waals surface area contributed by atoms with E-state index in [1.165, 1.54) is 12.8 Å². The Kier molecular flexibility index (Phi) is 5.44. The van der Waals surface area contributed by atoms with Crippen LogP contribution in [0.15, 0.2) is 0 Å². The molecular weight excluding hydrogens is 206 g/mol. The third-order valence-corrected chi connectivity index (χ3v) is 4.62. The Balaban J connectivity index is 2.25. The molecule has 15 heavy (non-hydrogen) atoms. The van der Waals surface area contributed by atoms with Crippen molar-refractivity contribution in [2.45, 2.75) is 44.4 Å². The maximum absolute atomic E-state index is 5.38. The summed E-state index contributed by atoms with van der Waals surface area (Å²) in [6.45, 7) is 9.88. The Morgan fingerprint density at radius 3 is 2.53 bits per heavy atom. The van der Waals surface area contributed by atoms with E-state index in [9.17, 15) is 0 Å². The molecule has 3 heteroatoms. The van der Waals surface area contributed by atoms with E-state index in [-0.39, 0.29) is 0 Å². The summed E-state index contributed by atoms with van der Waals surface area (Å²) in [4.78, 5) is 0. The minimum atomic E-state index is 0.347. The molecule has 1 atom stereocenters. The van der Waals surface area contributed by atoms with Gasteiger partial charge >= 0.3 is 0 Å². The molecule has 0 aromatic heterocycles. The van der Waals surface area contributed by atoms with E-state index in [1.807, 2.05) is 11.8 Å². The molecular formula is C12H25NOS. The van der Waals surface area contributed by atoms with Crippen molar-refractivity contribution in [3.05, 3.63) is 0 Å². The van der Waals surface area contributed by atoms with Gasteiger partial charge in [-0.1, -0.05) is 0 Å². The van der Waals surface area contributed by atoms with Gasteiger partial charge in [-0.15, -0.1) is 0 Å². The van der Waals surface area contributed by atoms with Crippen LogP contribution in [0.4, 0.5) is 0 Å². The highest BCUT2D eigenvalue weighted by molar-refractivity contribution is 7.99. The topological polar surface area (TPSA) is 21.3 Å². The smallest absolute Gasteiger partial charge is 0.0469 e. The van der Waals surface area contributed by atoms with E-state index >= 15 is 0 Å². The first-order chi connectivity index (χ1) is 7.05. The molecule has 1 aliphatic rings. The van der Waals surface area contributed by atoms with Crippen LogP contribution >= 0.6 is 11.8 Å². The molecule has 0 amide bonds. The van der Waals surface area contributed by atoms with Gasteiger partial charge in [0.1, 0.15) is 0 Å². The lowest BCUT2D eigenvalue weighted by Gasteiger charge is -2.31. The molecule has 90 valence electrons. The molecule has 1 fully saturated rings. The van der Waals surface area contributed by atoms with Crippen LogP contribution in [0.5, 0.6) is 0 Å². The highest BCUT2D eigenvalue weighted by Gasteiger charge is 2.22. The molecule has 0 aliphatic carbocycles. The third kappa shape index (κ3) is 4.75. The summed E-state index contributed by atoms with van der Waals surface area (Å²) >= 11 is 1.93. The lowest BCUT2D eigenvalue weighted by molar-refractivity contribution is 0.0558. The van der Waals surface area contributed by atoms with Crippen molar-refractivity contribution in [3.63, 3.8) is 0 Å². The van der Waals surface area contributed by atoms with Gasteiger partial charge in [0.25, 0.3) is 0 Å². The number of hydrogen-bond donors (Lipinski definition) is 1. The second-order valence-electron chi connectivity index (χ2n) is 5.08. The highest BCUT2D eigenvalue weighted by Crippen LogP contribution is 2.22. The lowest BCUT2D eigenvalue weighted by Crippen LogP contribution is -2.42. The van der Waals surface area contributed by atoms with Gasteiger partial charge in [0.05, 0.1) is 0 Å². The van der Waals surface area contributed by atoms with Crippen molar-refractivity contribution in [2.75, 3.05) is 26.0 Å². The maximum Gasteiger partial charge on any atom is 0.0469 e. The molecule has 0 aromatic rings. The summed E-state index contributed by atoms with van der Waals surface area (Å²) in [5, 5.41) is 3.67. The Morgan fingerprint density at radius 2 is 2.00 bits per heavy atom. The molecule has 2 nitrogen and oxygen atoms in total. The van der Waals surface area contributed by atoms with Crippen LogP contribution in [0.3, 0.4) is 0 Å². The van der Waals surface area contributed by atoms with Crippen molar-refractivity contribution in [2.24, 2.45) is 5.92 Å². The van der Waals surface area contributed by atoms with E-state index < -0.39 is 0 Å². The zero-order valence-electron chi connectivity index (χ0n) is 10.5. The Morgan fingerprint density at radius 1 is 1.40 bits per heavy atom. The van der Waals surface area contributed by atoms with Crippen LogP contribution in [-0.2, 0) is 4.74 Å². The van der Waals surface area contributed by atoms with Gasteiger partial charge in [0.15, 0.2) is 0 Å². The number of rotatable bonds is 5. The lowest BCUT2D eigenvalue weighted by atomic mass is 9.92. The fraction of sp³-hybridized carbons (Fsp3) is 1.00. The molecule has 1 rings (SSSR count). The van der Waals surface area contributed by atoms with E-state index in [0.717, 1.165) is 25.7 Å². The monoisotopic (exact) mass is 231 g/mol. The van der Waals surface area contributed by atoms with Gasteiger partial charge in [0.2, 0.25) is 0 Å². The number of nitrogens with one attached hydrogen (secondary N) is 1. The van der Waals surface area contributed by atoms with Gasteiger partial charge in [-0.25, -0.2) is 0 Å². The van der Waals surface area contributed by atoms with Crippen LogP contribution in [0.25, 0.3) is 0 Å². The molecule has 0 aromatic carbocycles. The molecule has 1 heterocycles.